The van der Waals surface area contributed by atoms with Crippen LogP contribution in [-0.2, 0) is 21.6 Å². The largest absolute Gasteiger partial charge is 0.496 e. The fourth-order valence-corrected chi connectivity index (χ4v) is 7.14. The summed E-state index contributed by atoms with van der Waals surface area (Å²) in [5.74, 6) is 1.23. The zero-order valence-electron chi connectivity index (χ0n) is 21.8. The maximum absolute atomic E-state index is 14.7. The lowest BCUT2D eigenvalue weighted by Gasteiger charge is -2.47. The predicted octanol–water partition coefficient (Wildman–Crippen LogP) is 5.03. The number of halogens is 1. The molecule has 1 spiro atoms. The molecule has 36 heavy (non-hydrogen) atoms. The highest BCUT2D eigenvalue weighted by Crippen LogP contribution is 2.46. The number of methoxy groups -OCH3 is 1. The van der Waals surface area contributed by atoms with E-state index in [1.54, 1.807) is 19.2 Å². The van der Waals surface area contributed by atoms with E-state index in [0.717, 1.165) is 42.6 Å². The van der Waals surface area contributed by atoms with Gasteiger partial charge in [0.15, 0.2) is 0 Å². The Kier molecular flexibility index (Phi) is 7.36. The minimum absolute atomic E-state index is 0.109. The Balaban J connectivity index is 1.47. The number of nitrogens with zero attached hydrogens (tertiary/aromatic N) is 1. The van der Waals surface area contributed by atoms with Crippen LogP contribution in [0.5, 0.6) is 5.75 Å². The first-order chi connectivity index (χ1) is 17.5. The number of fused-ring (bicyclic) bond motifs is 2. The molecule has 1 N–H and O–H groups in total. The van der Waals surface area contributed by atoms with Crippen LogP contribution in [0, 0.1) is 17.7 Å². The van der Waals surface area contributed by atoms with Crippen molar-refractivity contribution in [2.45, 2.75) is 63.5 Å². The number of amides is 1. The van der Waals surface area contributed by atoms with Gasteiger partial charge in [-0.2, -0.15) is 0 Å². The normalized spacial score (nSPS) is 27.9. The molecule has 0 radical (unpaired) electrons. The monoisotopic (exact) mass is 494 g/mol. The second-order valence-corrected chi connectivity index (χ2v) is 10.7. The van der Waals surface area contributed by atoms with Crippen molar-refractivity contribution in [1.29, 1.82) is 0 Å². The number of hydrogen-bond donors (Lipinski definition) is 1. The zero-order chi connectivity index (χ0) is 25.3. The number of hydrogen-bond acceptors (Lipinski definition) is 4. The molecule has 3 aliphatic rings. The first kappa shape index (κ1) is 25.2. The van der Waals surface area contributed by atoms with E-state index in [0.29, 0.717) is 38.8 Å². The van der Waals surface area contributed by atoms with E-state index in [9.17, 15) is 9.18 Å². The second kappa shape index (κ2) is 10.5. The molecular weight excluding hydrogens is 455 g/mol. The van der Waals surface area contributed by atoms with Crippen molar-refractivity contribution in [1.82, 2.24) is 10.2 Å². The minimum Gasteiger partial charge on any atom is -0.496 e. The van der Waals surface area contributed by atoms with E-state index in [-0.39, 0.29) is 29.6 Å². The number of carbonyl (C=O) groups excluding carboxylic acids is 1. The third-order valence-electron chi connectivity index (χ3n) is 9.12. The highest BCUT2D eigenvalue weighted by Gasteiger charge is 2.53. The fourth-order valence-electron chi connectivity index (χ4n) is 7.14. The van der Waals surface area contributed by atoms with Crippen LogP contribution in [0.4, 0.5) is 4.39 Å². The fraction of sp³-hybridized carbons (Fsp3) is 0.567. The van der Waals surface area contributed by atoms with Crippen molar-refractivity contribution in [3.63, 3.8) is 0 Å². The van der Waals surface area contributed by atoms with Gasteiger partial charge in [0.25, 0.3) is 0 Å². The summed E-state index contributed by atoms with van der Waals surface area (Å²) in [5.41, 5.74) is 2.63. The molecule has 2 saturated heterocycles. The molecule has 3 aliphatic heterocycles. The smallest absolute Gasteiger partial charge is 0.228 e. The number of rotatable bonds is 6. The molecule has 5 rings (SSSR count). The van der Waals surface area contributed by atoms with Crippen molar-refractivity contribution >= 4 is 5.91 Å². The van der Waals surface area contributed by atoms with Gasteiger partial charge < -0.3 is 19.7 Å². The molecule has 4 atom stereocenters. The maximum Gasteiger partial charge on any atom is 0.228 e. The van der Waals surface area contributed by atoms with Gasteiger partial charge in [0, 0.05) is 36.7 Å². The molecule has 194 valence electrons. The van der Waals surface area contributed by atoms with Crippen LogP contribution in [0.15, 0.2) is 42.5 Å². The van der Waals surface area contributed by atoms with Crippen molar-refractivity contribution in [2.24, 2.45) is 11.8 Å². The SMILES string of the molecule is CCC(CC)[C@@H]1C[C@H](c2ccccc2F)CCN1C(=O)[C@@H]1CNC[C@]12COCc1c(OC)cccc12. The Morgan fingerprint density at radius 2 is 2.03 bits per heavy atom. The van der Waals surface area contributed by atoms with Gasteiger partial charge in [-0.3, -0.25) is 4.79 Å². The average Bonchev–Trinajstić information content (AvgIpc) is 3.33. The summed E-state index contributed by atoms with van der Waals surface area (Å²) in [6.07, 6.45) is 3.61. The standard InChI is InChI=1S/C30H39FN2O3/c1-4-20(5-2)27-15-21(22-9-6-7-11-26(22)31)13-14-33(27)29(34)25-16-32-18-30(25)19-36-17-23-24(30)10-8-12-28(23)35-3/h6-12,20-21,25,27,32H,4-5,13-19H2,1-3H3/t21-,25+,27+,30-/m1/s1. The molecule has 0 aliphatic carbocycles. The van der Waals surface area contributed by atoms with Crippen LogP contribution < -0.4 is 10.1 Å². The summed E-state index contributed by atoms with van der Waals surface area (Å²) < 4.78 is 26.5. The van der Waals surface area contributed by atoms with Gasteiger partial charge in [-0.25, -0.2) is 4.39 Å². The van der Waals surface area contributed by atoms with Gasteiger partial charge in [0.1, 0.15) is 11.6 Å². The highest BCUT2D eigenvalue weighted by molar-refractivity contribution is 5.82. The van der Waals surface area contributed by atoms with E-state index >= 15 is 0 Å². The van der Waals surface area contributed by atoms with E-state index < -0.39 is 5.41 Å². The molecule has 0 unspecified atom stereocenters. The lowest BCUT2D eigenvalue weighted by atomic mass is 9.69. The topological polar surface area (TPSA) is 50.8 Å². The van der Waals surface area contributed by atoms with Gasteiger partial charge in [-0.05, 0) is 47.9 Å². The summed E-state index contributed by atoms with van der Waals surface area (Å²) in [4.78, 5) is 16.6. The predicted molar refractivity (Wildman–Crippen MR) is 139 cm³/mol. The molecule has 2 aromatic rings. The third-order valence-corrected chi connectivity index (χ3v) is 9.12. The first-order valence-corrected chi connectivity index (χ1v) is 13.5. The molecule has 6 heteroatoms. The van der Waals surface area contributed by atoms with E-state index in [1.165, 1.54) is 5.56 Å². The Morgan fingerprint density at radius 1 is 1.22 bits per heavy atom. The number of benzene rings is 2. The summed E-state index contributed by atoms with van der Waals surface area (Å²) in [7, 11) is 1.69. The lowest BCUT2D eigenvalue weighted by Crippen LogP contribution is -2.56. The maximum atomic E-state index is 14.7. The summed E-state index contributed by atoms with van der Waals surface area (Å²) in [5, 5.41) is 3.53. The van der Waals surface area contributed by atoms with Gasteiger partial charge in [0.2, 0.25) is 5.91 Å². The highest BCUT2D eigenvalue weighted by atomic mass is 19.1. The van der Waals surface area contributed by atoms with Crippen LogP contribution in [0.1, 0.15) is 62.1 Å². The Bertz CT molecular complexity index is 1090. The van der Waals surface area contributed by atoms with E-state index in [1.807, 2.05) is 24.3 Å². The quantitative estimate of drug-likeness (QED) is 0.612. The molecule has 3 heterocycles. The van der Waals surface area contributed by atoms with Gasteiger partial charge >= 0.3 is 0 Å². The minimum atomic E-state index is -0.403. The van der Waals surface area contributed by atoms with Crippen LogP contribution >= 0.6 is 0 Å². The van der Waals surface area contributed by atoms with Crippen LogP contribution in [0.2, 0.25) is 0 Å². The van der Waals surface area contributed by atoms with E-state index in [4.69, 9.17) is 9.47 Å². The first-order valence-electron chi connectivity index (χ1n) is 13.5. The van der Waals surface area contributed by atoms with Crippen molar-refractivity contribution in [3.05, 3.63) is 65.0 Å². The molecule has 0 aromatic heterocycles. The van der Waals surface area contributed by atoms with Crippen molar-refractivity contribution in [3.8, 4) is 5.75 Å². The van der Waals surface area contributed by atoms with Crippen molar-refractivity contribution in [2.75, 3.05) is 33.4 Å². The Morgan fingerprint density at radius 3 is 2.78 bits per heavy atom. The van der Waals surface area contributed by atoms with Gasteiger partial charge in [0.05, 0.1) is 26.2 Å². The zero-order valence-corrected chi connectivity index (χ0v) is 21.8. The van der Waals surface area contributed by atoms with Crippen LogP contribution in [-0.4, -0.2) is 50.2 Å². The number of ether oxygens (including phenoxy) is 2. The molecule has 5 nitrogen and oxygen atoms in total. The number of nitrogens with one attached hydrogen (secondary N) is 1. The van der Waals surface area contributed by atoms with Gasteiger partial charge in [-0.1, -0.05) is 57.0 Å². The third kappa shape index (κ3) is 4.22. The Labute approximate surface area is 214 Å². The van der Waals surface area contributed by atoms with Crippen molar-refractivity contribution < 1.29 is 18.7 Å². The summed E-state index contributed by atoms with van der Waals surface area (Å²) in [6.45, 7) is 7.47. The number of carbonyl (C=O) groups is 1. The molecule has 0 saturated carbocycles. The average molecular weight is 495 g/mol. The summed E-state index contributed by atoms with van der Waals surface area (Å²) in [6, 6.07) is 13.4. The van der Waals surface area contributed by atoms with Crippen LogP contribution in [0.3, 0.4) is 0 Å². The molecule has 2 fully saturated rings. The second-order valence-electron chi connectivity index (χ2n) is 10.7. The Hall–Kier alpha value is -2.44. The molecular formula is C30H39FN2O3. The van der Waals surface area contributed by atoms with Crippen LogP contribution in [0.25, 0.3) is 0 Å². The molecule has 2 aromatic carbocycles. The van der Waals surface area contributed by atoms with E-state index in [2.05, 4.69) is 30.1 Å². The molecule has 0 bridgehead atoms. The number of likely N-dealkylation sites (tertiary alicyclic amines) is 1. The number of piperidine rings is 1. The lowest BCUT2D eigenvalue weighted by molar-refractivity contribution is -0.144. The van der Waals surface area contributed by atoms with Gasteiger partial charge in [-0.15, -0.1) is 0 Å². The molecule has 1 amide bonds. The summed E-state index contributed by atoms with van der Waals surface area (Å²) >= 11 is 0.